The summed E-state index contributed by atoms with van der Waals surface area (Å²) in [7, 11) is 1.65. The first-order chi connectivity index (χ1) is 8.11. The predicted molar refractivity (Wildman–Crippen MR) is 80.4 cm³/mol. The molecule has 1 nitrogen and oxygen atoms in total. The fourth-order valence-electron chi connectivity index (χ4n) is 1.48. The first-order valence-electron chi connectivity index (χ1n) is 4.83. The molecular weight excluding hydrogens is 387 g/mol. The summed E-state index contributed by atoms with van der Waals surface area (Å²) < 4.78 is 7.20. The second-order valence-corrected chi connectivity index (χ2v) is 7.02. The van der Waals surface area contributed by atoms with Gasteiger partial charge in [0.2, 0.25) is 0 Å². The minimum atomic E-state index is -0.155. The van der Waals surface area contributed by atoms with Crippen LogP contribution in [0.3, 0.4) is 0 Å². The Bertz CT molecular complexity index is 527. The van der Waals surface area contributed by atoms with Gasteiger partial charge in [-0.2, -0.15) is 0 Å². The molecule has 0 bridgehead atoms. The number of hydrogen-bond acceptors (Lipinski definition) is 2. The van der Waals surface area contributed by atoms with Crippen LogP contribution in [0.25, 0.3) is 0 Å². The van der Waals surface area contributed by atoms with E-state index in [1.54, 1.807) is 18.4 Å². The van der Waals surface area contributed by atoms with E-state index in [-0.39, 0.29) is 5.38 Å². The number of thiophene rings is 1. The third-order valence-electron chi connectivity index (χ3n) is 2.36. The molecule has 0 aliphatic heterocycles. The van der Waals surface area contributed by atoms with E-state index in [2.05, 4.69) is 37.2 Å². The van der Waals surface area contributed by atoms with Gasteiger partial charge in [0.05, 0.1) is 16.3 Å². The Balaban J connectivity index is 2.34. The second kappa shape index (κ2) is 5.74. The summed E-state index contributed by atoms with van der Waals surface area (Å²) in [5.74, 6) is 0.816. The topological polar surface area (TPSA) is 9.23 Å². The van der Waals surface area contributed by atoms with Crippen molar-refractivity contribution < 1.29 is 4.74 Å². The summed E-state index contributed by atoms with van der Waals surface area (Å²) >= 11 is 15.1. The van der Waals surface area contributed by atoms with Gasteiger partial charge in [0.1, 0.15) is 5.75 Å². The maximum atomic E-state index is 6.46. The monoisotopic (exact) mass is 394 g/mol. The van der Waals surface area contributed by atoms with E-state index in [4.69, 9.17) is 16.3 Å². The van der Waals surface area contributed by atoms with Gasteiger partial charge >= 0.3 is 0 Å². The van der Waals surface area contributed by atoms with E-state index in [0.717, 1.165) is 25.1 Å². The van der Waals surface area contributed by atoms with Crippen LogP contribution in [0, 0.1) is 0 Å². The summed E-state index contributed by atoms with van der Waals surface area (Å²) in [4.78, 5) is 0. The van der Waals surface area contributed by atoms with Gasteiger partial charge in [0.25, 0.3) is 0 Å². The standard InChI is InChI=1S/C12H9Br2ClOS/c1-16-8-2-3-9(10(13)5-8)12(15)7-4-11(14)17-6-7/h2-6,12H,1H3. The van der Waals surface area contributed by atoms with E-state index >= 15 is 0 Å². The Kier molecular flexibility index (Phi) is 4.53. The van der Waals surface area contributed by atoms with Gasteiger partial charge in [-0.15, -0.1) is 22.9 Å². The fraction of sp³-hybridized carbons (Fsp3) is 0.167. The molecule has 1 aromatic heterocycles. The maximum Gasteiger partial charge on any atom is 0.120 e. The molecule has 0 amide bonds. The lowest BCUT2D eigenvalue weighted by Crippen LogP contribution is -1.93. The lowest BCUT2D eigenvalue weighted by atomic mass is 10.1. The Morgan fingerprint density at radius 3 is 2.59 bits per heavy atom. The van der Waals surface area contributed by atoms with Gasteiger partial charge in [-0.3, -0.25) is 0 Å². The predicted octanol–water partition coefficient (Wildman–Crippen LogP) is 5.61. The highest BCUT2D eigenvalue weighted by Crippen LogP contribution is 2.38. The van der Waals surface area contributed by atoms with Crippen molar-refractivity contribution in [1.29, 1.82) is 0 Å². The van der Waals surface area contributed by atoms with Crippen LogP contribution in [-0.4, -0.2) is 7.11 Å². The molecular formula is C12H9Br2ClOS. The third-order valence-corrected chi connectivity index (χ3v) is 5.06. The van der Waals surface area contributed by atoms with Crippen molar-refractivity contribution in [3.63, 3.8) is 0 Å². The summed E-state index contributed by atoms with van der Waals surface area (Å²) in [6.07, 6.45) is 0. The molecule has 1 heterocycles. The van der Waals surface area contributed by atoms with Crippen molar-refractivity contribution in [1.82, 2.24) is 0 Å². The summed E-state index contributed by atoms with van der Waals surface area (Å²) in [5, 5.41) is 1.90. The Hall–Kier alpha value is -0.0300. The number of hydrogen-bond donors (Lipinski definition) is 0. The van der Waals surface area contributed by atoms with Crippen LogP contribution in [-0.2, 0) is 0 Å². The van der Waals surface area contributed by atoms with Gasteiger partial charge in [-0.05, 0) is 50.6 Å². The third kappa shape index (κ3) is 3.05. The molecule has 0 aliphatic rings. The van der Waals surface area contributed by atoms with Crippen molar-refractivity contribution in [2.24, 2.45) is 0 Å². The van der Waals surface area contributed by atoms with Crippen LogP contribution in [0.2, 0.25) is 0 Å². The minimum Gasteiger partial charge on any atom is -0.497 e. The van der Waals surface area contributed by atoms with Crippen molar-refractivity contribution in [2.45, 2.75) is 5.38 Å². The molecule has 1 atom stereocenters. The van der Waals surface area contributed by atoms with Crippen LogP contribution in [0.4, 0.5) is 0 Å². The molecule has 1 aromatic carbocycles. The SMILES string of the molecule is COc1ccc(C(Cl)c2csc(Br)c2)c(Br)c1. The lowest BCUT2D eigenvalue weighted by Gasteiger charge is -2.11. The van der Waals surface area contributed by atoms with Crippen LogP contribution in [0.15, 0.2) is 37.9 Å². The van der Waals surface area contributed by atoms with Crippen LogP contribution >= 0.6 is 54.8 Å². The van der Waals surface area contributed by atoms with E-state index in [1.165, 1.54) is 0 Å². The van der Waals surface area contributed by atoms with Gasteiger partial charge in [0, 0.05) is 4.47 Å². The quantitative estimate of drug-likeness (QED) is 0.613. The zero-order chi connectivity index (χ0) is 12.4. The molecule has 0 radical (unpaired) electrons. The number of ether oxygens (including phenoxy) is 1. The Morgan fingerprint density at radius 1 is 1.29 bits per heavy atom. The molecule has 0 N–H and O–H groups in total. The molecule has 2 rings (SSSR count). The maximum absolute atomic E-state index is 6.46. The van der Waals surface area contributed by atoms with Gasteiger partial charge in [0.15, 0.2) is 0 Å². The molecule has 0 fully saturated rings. The van der Waals surface area contributed by atoms with E-state index in [1.807, 2.05) is 24.3 Å². The highest BCUT2D eigenvalue weighted by atomic mass is 79.9. The molecule has 0 saturated carbocycles. The average molecular weight is 397 g/mol. The molecule has 5 heteroatoms. The first kappa shape index (κ1) is 13.4. The molecule has 90 valence electrons. The summed E-state index contributed by atoms with van der Waals surface area (Å²) in [6, 6.07) is 7.86. The number of rotatable bonds is 3. The van der Waals surface area contributed by atoms with Crippen LogP contribution in [0.5, 0.6) is 5.75 Å². The van der Waals surface area contributed by atoms with Gasteiger partial charge in [-0.1, -0.05) is 22.0 Å². The normalized spacial score (nSPS) is 12.5. The van der Waals surface area contributed by atoms with Crippen LogP contribution < -0.4 is 4.74 Å². The zero-order valence-corrected chi connectivity index (χ0v) is 13.7. The molecule has 0 spiro atoms. The van der Waals surface area contributed by atoms with Gasteiger partial charge in [-0.25, -0.2) is 0 Å². The average Bonchev–Trinajstić information content (AvgIpc) is 2.75. The second-order valence-electron chi connectivity index (χ2n) is 3.43. The van der Waals surface area contributed by atoms with Crippen molar-refractivity contribution in [3.05, 3.63) is 49.0 Å². The Labute approximate surface area is 126 Å². The highest BCUT2D eigenvalue weighted by Gasteiger charge is 2.15. The largest absolute Gasteiger partial charge is 0.497 e. The van der Waals surface area contributed by atoms with Crippen molar-refractivity contribution in [3.8, 4) is 5.75 Å². The fourth-order valence-corrected chi connectivity index (χ4v) is 3.79. The molecule has 0 saturated heterocycles. The number of alkyl halides is 1. The molecule has 1 unspecified atom stereocenters. The number of halogens is 3. The Morgan fingerprint density at radius 2 is 2.06 bits per heavy atom. The van der Waals surface area contributed by atoms with E-state index in [9.17, 15) is 0 Å². The van der Waals surface area contributed by atoms with Crippen molar-refractivity contribution >= 4 is 54.8 Å². The smallest absolute Gasteiger partial charge is 0.120 e. The van der Waals surface area contributed by atoms with Crippen molar-refractivity contribution in [2.75, 3.05) is 7.11 Å². The summed E-state index contributed by atoms with van der Waals surface area (Å²) in [5.41, 5.74) is 2.13. The molecule has 2 aromatic rings. The molecule has 17 heavy (non-hydrogen) atoms. The zero-order valence-electron chi connectivity index (χ0n) is 8.91. The summed E-state index contributed by atoms with van der Waals surface area (Å²) in [6.45, 7) is 0. The number of methoxy groups -OCH3 is 1. The minimum absolute atomic E-state index is 0.155. The number of benzene rings is 1. The van der Waals surface area contributed by atoms with Gasteiger partial charge < -0.3 is 4.74 Å². The highest BCUT2D eigenvalue weighted by molar-refractivity contribution is 9.11. The van der Waals surface area contributed by atoms with E-state index in [0.29, 0.717) is 0 Å². The van der Waals surface area contributed by atoms with Crippen LogP contribution in [0.1, 0.15) is 16.5 Å². The molecule has 0 aliphatic carbocycles. The first-order valence-corrected chi connectivity index (χ1v) is 7.73. The van der Waals surface area contributed by atoms with E-state index < -0.39 is 0 Å². The lowest BCUT2D eigenvalue weighted by molar-refractivity contribution is 0.414.